The summed E-state index contributed by atoms with van der Waals surface area (Å²) in [6, 6.07) is 3.38. The van der Waals surface area contributed by atoms with Crippen molar-refractivity contribution >= 4 is 48.7 Å². The maximum atomic E-state index is 10.9. The lowest BCUT2D eigenvalue weighted by atomic mass is 10.1. The highest BCUT2D eigenvalue weighted by molar-refractivity contribution is 9.13. The first-order chi connectivity index (χ1) is 8.52. The van der Waals surface area contributed by atoms with Crippen LogP contribution in [0.2, 0.25) is 0 Å². The number of likely N-dealkylation sites (N-methyl/N-ethyl adjacent to an activating group) is 1. The number of hydrogen-bond acceptors (Lipinski definition) is 2. The SMILES string of the molecule is C[NH2+]C(Cc1c[nH]c2cc(Br)c(Br)cc12)C(=O)[O-]. The second-order valence-corrected chi connectivity index (χ2v) is 5.80. The van der Waals surface area contributed by atoms with Gasteiger partial charge in [0.1, 0.15) is 6.04 Å². The van der Waals surface area contributed by atoms with Crippen LogP contribution in [-0.4, -0.2) is 24.0 Å². The van der Waals surface area contributed by atoms with Gasteiger partial charge >= 0.3 is 0 Å². The molecule has 0 aliphatic heterocycles. The summed E-state index contributed by atoms with van der Waals surface area (Å²) < 4.78 is 1.91. The van der Waals surface area contributed by atoms with E-state index >= 15 is 0 Å². The number of aromatic nitrogens is 1. The van der Waals surface area contributed by atoms with Gasteiger partial charge in [-0.2, -0.15) is 0 Å². The molecule has 0 fully saturated rings. The monoisotopic (exact) mass is 374 g/mol. The molecule has 0 amide bonds. The van der Waals surface area contributed by atoms with Crippen LogP contribution in [0.1, 0.15) is 5.56 Å². The van der Waals surface area contributed by atoms with Gasteiger partial charge in [-0.3, -0.25) is 0 Å². The molecule has 1 heterocycles. The highest BCUT2D eigenvalue weighted by Crippen LogP contribution is 2.30. The van der Waals surface area contributed by atoms with Crippen molar-refractivity contribution in [2.75, 3.05) is 7.05 Å². The Labute approximate surface area is 121 Å². The number of carboxylic acids is 1. The summed E-state index contributed by atoms with van der Waals surface area (Å²) in [5.74, 6) is -1.04. The molecule has 1 aromatic carbocycles. The Hall–Kier alpha value is -0.850. The Morgan fingerprint density at radius 2 is 2.11 bits per heavy atom. The Balaban J connectivity index is 2.40. The first kappa shape index (κ1) is 13.6. The predicted molar refractivity (Wildman–Crippen MR) is 74.0 cm³/mol. The van der Waals surface area contributed by atoms with E-state index in [2.05, 4.69) is 36.8 Å². The average molecular weight is 376 g/mol. The summed E-state index contributed by atoms with van der Waals surface area (Å²) in [5.41, 5.74) is 1.96. The number of fused-ring (bicyclic) bond motifs is 1. The summed E-state index contributed by atoms with van der Waals surface area (Å²) in [6.45, 7) is 0. The Kier molecular flexibility index (Phi) is 4.09. The molecule has 2 aromatic rings. The third-order valence-corrected chi connectivity index (χ3v) is 4.80. The van der Waals surface area contributed by atoms with Crippen LogP contribution in [0.3, 0.4) is 0 Å². The first-order valence-electron chi connectivity index (χ1n) is 5.48. The second kappa shape index (κ2) is 5.42. The van der Waals surface area contributed by atoms with Crippen molar-refractivity contribution in [1.82, 2.24) is 4.98 Å². The molecule has 1 aromatic heterocycles. The standard InChI is InChI=1S/C12H12Br2N2O2/c1-15-11(12(17)18)2-6-5-16-10-4-9(14)8(13)3-7(6)10/h3-5,11,15-16H,2H2,1H3,(H,17,18). The van der Waals surface area contributed by atoms with Crippen LogP contribution >= 0.6 is 31.9 Å². The third kappa shape index (κ3) is 2.60. The molecule has 4 nitrogen and oxygen atoms in total. The van der Waals surface area contributed by atoms with Gasteiger partial charge < -0.3 is 20.2 Å². The topological polar surface area (TPSA) is 72.5 Å². The maximum Gasteiger partial charge on any atom is 0.130 e. The van der Waals surface area contributed by atoms with Crippen molar-refractivity contribution in [1.29, 1.82) is 0 Å². The Bertz CT molecular complexity index is 595. The van der Waals surface area contributed by atoms with Crippen LogP contribution in [0.5, 0.6) is 0 Å². The largest absolute Gasteiger partial charge is 0.544 e. The molecular formula is C12H12Br2N2O2. The van der Waals surface area contributed by atoms with Gasteiger partial charge in [0, 0.05) is 32.5 Å². The van der Waals surface area contributed by atoms with E-state index in [1.54, 1.807) is 12.4 Å². The van der Waals surface area contributed by atoms with Gasteiger partial charge in [0.2, 0.25) is 0 Å². The number of H-pyrrole nitrogens is 1. The van der Waals surface area contributed by atoms with Gasteiger partial charge in [-0.25, -0.2) is 0 Å². The minimum absolute atomic E-state index is 0.437. The molecule has 18 heavy (non-hydrogen) atoms. The highest BCUT2D eigenvalue weighted by atomic mass is 79.9. The van der Waals surface area contributed by atoms with Crippen LogP contribution in [-0.2, 0) is 11.2 Å². The van der Waals surface area contributed by atoms with Crippen molar-refractivity contribution in [3.63, 3.8) is 0 Å². The number of halogens is 2. The van der Waals surface area contributed by atoms with E-state index in [9.17, 15) is 9.90 Å². The van der Waals surface area contributed by atoms with Crippen LogP contribution in [0.25, 0.3) is 10.9 Å². The maximum absolute atomic E-state index is 10.9. The molecular weight excluding hydrogens is 364 g/mol. The minimum Gasteiger partial charge on any atom is -0.544 e. The van der Waals surface area contributed by atoms with Gasteiger partial charge in [0.15, 0.2) is 0 Å². The zero-order chi connectivity index (χ0) is 13.3. The smallest absolute Gasteiger partial charge is 0.130 e. The first-order valence-corrected chi connectivity index (χ1v) is 7.07. The predicted octanol–water partition coefficient (Wildman–Crippen LogP) is 0.547. The number of carbonyl (C=O) groups excluding carboxylic acids is 1. The van der Waals surface area contributed by atoms with Crippen molar-refractivity contribution in [3.05, 3.63) is 32.8 Å². The van der Waals surface area contributed by atoms with Gasteiger partial charge in [0.05, 0.1) is 13.0 Å². The van der Waals surface area contributed by atoms with Crippen molar-refractivity contribution in [2.45, 2.75) is 12.5 Å². The van der Waals surface area contributed by atoms with Crippen molar-refractivity contribution in [3.8, 4) is 0 Å². The molecule has 1 unspecified atom stereocenters. The molecule has 3 N–H and O–H groups in total. The van der Waals surface area contributed by atoms with E-state index in [1.165, 1.54) is 0 Å². The van der Waals surface area contributed by atoms with Crippen molar-refractivity contribution < 1.29 is 15.2 Å². The number of carboxylic acid groups (broad SMARTS) is 1. The Morgan fingerprint density at radius 1 is 1.44 bits per heavy atom. The fourth-order valence-corrected chi connectivity index (χ4v) is 2.60. The van der Waals surface area contributed by atoms with Crippen LogP contribution in [0, 0.1) is 0 Å². The fourth-order valence-electron chi connectivity index (χ4n) is 1.92. The molecule has 96 valence electrons. The number of aliphatic carboxylic acids is 1. The lowest BCUT2D eigenvalue weighted by Crippen LogP contribution is -2.90. The lowest BCUT2D eigenvalue weighted by Gasteiger charge is -2.13. The summed E-state index contributed by atoms with van der Waals surface area (Å²) in [5, 5.41) is 13.6. The molecule has 2 rings (SSSR count). The number of quaternary nitrogens is 1. The van der Waals surface area contributed by atoms with E-state index in [4.69, 9.17) is 0 Å². The molecule has 0 spiro atoms. The molecule has 6 heteroatoms. The zero-order valence-corrected chi connectivity index (χ0v) is 12.8. The van der Waals surface area contributed by atoms with Gasteiger partial charge in [-0.05, 0) is 49.6 Å². The van der Waals surface area contributed by atoms with E-state index < -0.39 is 12.0 Å². The number of nitrogens with one attached hydrogen (secondary N) is 1. The molecule has 1 atom stereocenters. The van der Waals surface area contributed by atoms with E-state index in [0.717, 1.165) is 25.4 Å². The number of benzene rings is 1. The van der Waals surface area contributed by atoms with Crippen molar-refractivity contribution in [2.24, 2.45) is 0 Å². The quantitative estimate of drug-likeness (QED) is 0.818. The summed E-state index contributed by atoms with van der Waals surface area (Å²) in [6.07, 6.45) is 2.29. The summed E-state index contributed by atoms with van der Waals surface area (Å²) in [7, 11) is 1.74. The van der Waals surface area contributed by atoms with E-state index in [0.29, 0.717) is 6.42 Å². The number of rotatable bonds is 4. The zero-order valence-electron chi connectivity index (χ0n) is 9.67. The molecule has 0 saturated carbocycles. The van der Waals surface area contributed by atoms with E-state index in [-0.39, 0.29) is 0 Å². The number of hydrogen-bond donors (Lipinski definition) is 2. The second-order valence-electron chi connectivity index (χ2n) is 4.09. The molecule has 0 saturated heterocycles. The van der Waals surface area contributed by atoms with Gasteiger partial charge in [-0.15, -0.1) is 0 Å². The van der Waals surface area contributed by atoms with Crippen LogP contribution in [0.4, 0.5) is 0 Å². The molecule has 0 aliphatic carbocycles. The average Bonchev–Trinajstić information content (AvgIpc) is 2.69. The molecule has 0 aliphatic rings. The number of aromatic amines is 1. The Morgan fingerprint density at radius 3 is 2.72 bits per heavy atom. The van der Waals surface area contributed by atoms with Gasteiger partial charge in [-0.1, -0.05) is 0 Å². The number of carbonyl (C=O) groups is 1. The van der Waals surface area contributed by atoms with Crippen LogP contribution in [0.15, 0.2) is 27.3 Å². The minimum atomic E-state index is -1.04. The van der Waals surface area contributed by atoms with E-state index in [1.807, 2.05) is 18.3 Å². The third-order valence-electron chi connectivity index (χ3n) is 2.95. The summed E-state index contributed by atoms with van der Waals surface area (Å²) >= 11 is 6.89. The fraction of sp³-hybridized carbons (Fsp3) is 0.250. The number of nitrogens with two attached hydrogens (primary N) is 1. The highest BCUT2D eigenvalue weighted by Gasteiger charge is 2.15. The van der Waals surface area contributed by atoms with Crippen LogP contribution < -0.4 is 10.4 Å². The van der Waals surface area contributed by atoms with Gasteiger partial charge in [0.25, 0.3) is 0 Å². The summed E-state index contributed by atoms with van der Waals surface area (Å²) in [4.78, 5) is 14.1. The normalized spacial score (nSPS) is 12.8. The molecule has 0 bridgehead atoms. The lowest BCUT2D eigenvalue weighted by molar-refractivity contribution is -0.657. The molecule has 0 radical (unpaired) electrons.